The fourth-order valence-corrected chi connectivity index (χ4v) is 3.36. The summed E-state index contributed by atoms with van der Waals surface area (Å²) in [7, 11) is 0. The second-order valence-electron chi connectivity index (χ2n) is 6.63. The fraction of sp³-hybridized carbons (Fsp3) is 0.625. The Kier molecular flexibility index (Phi) is 4.73. The van der Waals surface area contributed by atoms with Crippen molar-refractivity contribution in [1.29, 1.82) is 0 Å². The summed E-state index contributed by atoms with van der Waals surface area (Å²) < 4.78 is 13.3. The first-order valence-corrected chi connectivity index (χ1v) is 7.66. The Hall–Kier alpha value is -0.640. The molecule has 0 radical (unpaired) electrons. The SMILES string of the molecule is CC(C)(C)N1CCCCC(N)C1c1ccc(F)cc1Cl. The molecule has 2 nitrogen and oxygen atoms in total. The van der Waals surface area contributed by atoms with E-state index >= 15 is 0 Å². The van der Waals surface area contributed by atoms with Crippen molar-refractivity contribution in [1.82, 2.24) is 4.90 Å². The number of likely N-dealkylation sites (tertiary alicyclic amines) is 1. The minimum atomic E-state index is -0.303. The molecule has 0 amide bonds. The van der Waals surface area contributed by atoms with E-state index in [4.69, 9.17) is 17.3 Å². The predicted octanol–water partition coefficient (Wildman–Crippen LogP) is 4.13. The molecule has 20 heavy (non-hydrogen) atoms. The largest absolute Gasteiger partial charge is 0.326 e. The van der Waals surface area contributed by atoms with Crippen LogP contribution in [0.2, 0.25) is 5.02 Å². The number of halogens is 2. The lowest BCUT2D eigenvalue weighted by Gasteiger charge is -2.43. The summed E-state index contributed by atoms with van der Waals surface area (Å²) in [6.07, 6.45) is 3.24. The lowest BCUT2D eigenvalue weighted by molar-refractivity contribution is 0.0755. The average molecular weight is 299 g/mol. The summed E-state index contributed by atoms with van der Waals surface area (Å²) in [4.78, 5) is 2.41. The smallest absolute Gasteiger partial charge is 0.124 e. The van der Waals surface area contributed by atoms with Gasteiger partial charge in [0.15, 0.2) is 0 Å². The molecule has 0 aromatic heterocycles. The molecule has 2 N–H and O–H groups in total. The van der Waals surface area contributed by atoms with Gasteiger partial charge in [-0.15, -0.1) is 0 Å². The molecule has 0 aliphatic carbocycles. The van der Waals surface area contributed by atoms with Gasteiger partial charge in [-0.05, 0) is 57.9 Å². The topological polar surface area (TPSA) is 29.3 Å². The molecule has 1 aromatic carbocycles. The Morgan fingerprint density at radius 2 is 2.00 bits per heavy atom. The van der Waals surface area contributed by atoms with Gasteiger partial charge in [0.1, 0.15) is 5.82 Å². The number of nitrogens with zero attached hydrogens (tertiary/aromatic N) is 1. The minimum Gasteiger partial charge on any atom is -0.326 e. The maximum absolute atomic E-state index is 13.3. The maximum Gasteiger partial charge on any atom is 0.124 e. The van der Waals surface area contributed by atoms with Gasteiger partial charge in [0.2, 0.25) is 0 Å². The van der Waals surface area contributed by atoms with Crippen LogP contribution in [0.25, 0.3) is 0 Å². The predicted molar refractivity (Wildman–Crippen MR) is 82.4 cm³/mol. The van der Waals surface area contributed by atoms with E-state index in [-0.39, 0.29) is 23.4 Å². The van der Waals surface area contributed by atoms with Gasteiger partial charge in [0.25, 0.3) is 0 Å². The lowest BCUT2D eigenvalue weighted by Crippen LogP contribution is -2.49. The number of hydrogen-bond acceptors (Lipinski definition) is 2. The van der Waals surface area contributed by atoms with Gasteiger partial charge in [-0.2, -0.15) is 0 Å². The third kappa shape index (κ3) is 3.33. The van der Waals surface area contributed by atoms with E-state index in [9.17, 15) is 4.39 Å². The summed E-state index contributed by atoms with van der Waals surface area (Å²) in [5.41, 5.74) is 7.36. The summed E-state index contributed by atoms with van der Waals surface area (Å²) >= 11 is 6.27. The molecule has 0 saturated carbocycles. The number of rotatable bonds is 1. The third-order valence-electron chi connectivity index (χ3n) is 4.07. The Morgan fingerprint density at radius 3 is 2.60 bits per heavy atom. The Balaban J connectivity index is 2.45. The first-order valence-electron chi connectivity index (χ1n) is 7.28. The first kappa shape index (κ1) is 15.7. The van der Waals surface area contributed by atoms with Crippen molar-refractivity contribution in [3.8, 4) is 0 Å². The van der Waals surface area contributed by atoms with Gasteiger partial charge in [-0.25, -0.2) is 4.39 Å². The van der Waals surface area contributed by atoms with E-state index in [1.165, 1.54) is 12.1 Å². The summed E-state index contributed by atoms with van der Waals surface area (Å²) in [5, 5.41) is 0.474. The van der Waals surface area contributed by atoms with Gasteiger partial charge >= 0.3 is 0 Å². The second-order valence-corrected chi connectivity index (χ2v) is 7.04. The van der Waals surface area contributed by atoms with Crippen molar-refractivity contribution >= 4 is 11.6 Å². The lowest BCUT2D eigenvalue weighted by atomic mass is 9.92. The molecule has 1 heterocycles. The molecule has 1 aliphatic rings. The van der Waals surface area contributed by atoms with Gasteiger partial charge in [-0.3, -0.25) is 4.90 Å². The van der Waals surface area contributed by atoms with Crippen LogP contribution >= 0.6 is 11.6 Å². The van der Waals surface area contributed by atoms with Crippen LogP contribution in [0, 0.1) is 5.82 Å². The highest BCUT2D eigenvalue weighted by molar-refractivity contribution is 6.31. The van der Waals surface area contributed by atoms with Crippen LogP contribution in [-0.4, -0.2) is 23.0 Å². The molecule has 1 aliphatic heterocycles. The molecule has 2 rings (SSSR count). The van der Waals surface area contributed by atoms with Crippen LogP contribution in [0.1, 0.15) is 51.6 Å². The molecule has 1 saturated heterocycles. The summed E-state index contributed by atoms with van der Waals surface area (Å²) in [6, 6.07) is 4.71. The molecule has 0 spiro atoms. The van der Waals surface area contributed by atoms with Gasteiger partial charge in [0.05, 0.1) is 6.04 Å². The zero-order valence-electron chi connectivity index (χ0n) is 12.5. The van der Waals surface area contributed by atoms with Crippen molar-refractivity contribution in [3.05, 3.63) is 34.6 Å². The quantitative estimate of drug-likeness (QED) is 0.844. The zero-order valence-corrected chi connectivity index (χ0v) is 13.3. The van der Waals surface area contributed by atoms with E-state index < -0.39 is 0 Å². The van der Waals surface area contributed by atoms with Crippen molar-refractivity contribution in [2.24, 2.45) is 5.73 Å². The van der Waals surface area contributed by atoms with E-state index in [1.807, 2.05) is 0 Å². The molecule has 1 fully saturated rings. The normalized spacial score (nSPS) is 25.5. The standard InChI is InChI=1S/C16H24ClFN2/c1-16(2,3)20-9-5-4-6-14(19)15(20)12-8-7-11(18)10-13(12)17/h7-8,10,14-15H,4-6,9,19H2,1-3H3. The van der Waals surface area contributed by atoms with Crippen molar-refractivity contribution in [2.75, 3.05) is 6.54 Å². The summed E-state index contributed by atoms with van der Waals surface area (Å²) in [5.74, 6) is -0.303. The molecular formula is C16H24ClFN2. The Bertz CT molecular complexity index is 470. The van der Waals surface area contributed by atoms with Gasteiger partial charge in [-0.1, -0.05) is 24.1 Å². The average Bonchev–Trinajstić information content (AvgIpc) is 2.51. The van der Waals surface area contributed by atoms with E-state index in [0.29, 0.717) is 5.02 Å². The molecule has 2 unspecified atom stereocenters. The molecular weight excluding hydrogens is 275 g/mol. The second kappa shape index (κ2) is 6.00. The van der Waals surface area contributed by atoms with Crippen LogP contribution in [0.15, 0.2) is 18.2 Å². The molecule has 4 heteroatoms. The highest BCUT2D eigenvalue weighted by Gasteiger charge is 2.36. The van der Waals surface area contributed by atoms with Crippen LogP contribution in [0.5, 0.6) is 0 Å². The summed E-state index contributed by atoms with van der Waals surface area (Å²) in [6.45, 7) is 7.57. The maximum atomic E-state index is 13.3. The van der Waals surface area contributed by atoms with Crippen LogP contribution in [0.3, 0.4) is 0 Å². The van der Waals surface area contributed by atoms with Gasteiger partial charge < -0.3 is 5.73 Å². The first-order chi connectivity index (χ1) is 9.30. The van der Waals surface area contributed by atoms with E-state index in [1.54, 1.807) is 6.07 Å². The fourth-order valence-electron chi connectivity index (χ4n) is 3.08. The van der Waals surface area contributed by atoms with Crippen molar-refractivity contribution < 1.29 is 4.39 Å². The van der Waals surface area contributed by atoms with Gasteiger partial charge in [0, 0.05) is 16.6 Å². The van der Waals surface area contributed by atoms with Crippen LogP contribution < -0.4 is 5.73 Å². The van der Waals surface area contributed by atoms with Crippen molar-refractivity contribution in [3.63, 3.8) is 0 Å². The minimum absolute atomic E-state index is 0.00431. The number of benzene rings is 1. The molecule has 1 aromatic rings. The Morgan fingerprint density at radius 1 is 1.30 bits per heavy atom. The molecule has 112 valence electrons. The monoisotopic (exact) mass is 298 g/mol. The molecule has 0 bridgehead atoms. The van der Waals surface area contributed by atoms with Crippen molar-refractivity contribution in [2.45, 2.75) is 57.7 Å². The molecule has 2 atom stereocenters. The highest BCUT2D eigenvalue weighted by atomic mass is 35.5. The third-order valence-corrected chi connectivity index (χ3v) is 4.40. The van der Waals surface area contributed by atoms with E-state index in [0.717, 1.165) is 31.4 Å². The zero-order chi connectivity index (χ0) is 14.9. The number of hydrogen-bond donors (Lipinski definition) is 1. The Labute approximate surface area is 126 Å². The van der Waals surface area contributed by atoms with E-state index in [2.05, 4.69) is 25.7 Å². The number of nitrogens with two attached hydrogens (primary N) is 1. The van der Waals surface area contributed by atoms with Crippen LogP contribution in [0.4, 0.5) is 4.39 Å². The van der Waals surface area contributed by atoms with Crippen LogP contribution in [-0.2, 0) is 0 Å². The highest BCUT2D eigenvalue weighted by Crippen LogP contribution is 2.37.